The van der Waals surface area contributed by atoms with Crippen molar-refractivity contribution in [2.75, 3.05) is 19.2 Å². The number of carbonyl (C=O) groups is 1. The molecule has 0 saturated heterocycles. The SMILES string of the molecule is CNS(=O)(=O)c1ccc(-c2cc(NC(=O)C3(c4ccc5c(c4)OCO5)CC3)ccc2C)cc1Cl. The summed E-state index contributed by atoms with van der Waals surface area (Å²) in [5.41, 5.74) is 3.55. The van der Waals surface area contributed by atoms with Crippen LogP contribution < -0.4 is 19.5 Å². The van der Waals surface area contributed by atoms with Crippen LogP contribution in [0.4, 0.5) is 5.69 Å². The molecule has 3 aromatic carbocycles. The van der Waals surface area contributed by atoms with E-state index in [1.807, 2.05) is 43.3 Å². The molecule has 34 heavy (non-hydrogen) atoms. The summed E-state index contributed by atoms with van der Waals surface area (Å²) in [6.45, 7) is 2.14. The van der Waals surface area contributed by atoms with E-state index in [4.69, 9.17) is 21.1 Å². The first kappa shape index (κ1) is 22.7. The van der Waals surface area contributed by atoms with E-state index in [2.05, 4.69) is 10.0 Å². The standard InChI is InChI=1S/C25H23ClN2O5S/c1-15-3-6-18(13-19(15)16-4-8-23(20(26)11-16)34(30,31)27-2)28-24(29)25(9-10-25)17-5-7-21-22(12-17)33-14-32-21/h3-8,11-13,27H,9-10,14H2,1-2H3,(H,28,29). The molecule has 2 aliphatic rings. The molecule has 9 heteroatoms. The van der Waals surface area contributed by atoms with Gasteiger partial charge in [0.2, 0.25) is 22.7 Å². The molecule has 1 aliphatic heterocycles. The van der Waals surface area contributed by atoms with Gasteiger partial charge in [-0.05, 0) is 85.5 Å². The minimum atomic E-state index is -3.66. The van der Waals surface area contributed by atoms with Crippen molar-refractivity contribution in [2.24, 2.45) is 0 Å². The number of hydrogen-bond donors (Lipinski definition) is 2. The van der Waals surface area contributed by atoms with E-state index in [0.29, 0.717) is 17.2 Å². The van der Waals surface area contributed by atoms with E-state index in [9.17, 15) is 13.2 Å². The Hall–Kier alpha value is -3.07. The molecular weight excluding hydrogens is 476 g/mol. The van der Waals surface area contributed by atoms with Gasteiger partial charge in [-0.1, -0.05) is 29.8 Å². The van der Waals surface area contributed by atoms with E-state index in [1.165, 1.54) is 13.1 Å². The molecule has 0 radical (unpaired) electrons. The van der Waals surface area contributed by atoms with Gasteiger partial charge in [-0.15, -0.1) is 0 Å². The van der Waals surface area contributed by atoms with Gasteiger partial charge in [0.05, 0.1) is 10.4 Å². The molecule has 5 rings (SSSR count). The molecule has 1 heterocycles. The average molecular weight is 499 g/mol. The molecule has 0 atom stereocenters. The van der Waals surface area contributed by atoms with Gasteiger partial charge < -0.3 is 14.8 Å². The molecule has 1 saturated carbocycles. The van der Waals surface area contributed by atoms with Crippen molar-refractivity contribution in [3.8, 4) is 22.6 Å². The fraction of sp³-hybridized carbons (Fsp3) is 0.240. The Morgan fingerprint density at radius 1 is 1.00 bits per heavy atom. The lowest BCUT2D eigenvalue weighted by molar-refractivity contribution is -0.118. The number of anilines is 1. The van der Waals surface area contributed by atoms with Crippen molar-refractivity contribution in [1.82, 2.24) is 4.72 Å². The third kappa shape index (κ3) is 3.91. The van der Waals surface area contributed by atoms with Gasteiger partial charge in [0.15, 0.2) is 11.5 Å². The molecule has 0 spiro atoms. The van der Waals surface area contributed by atoms with Crippen molar-refractivity contribution < 1.29 is 22.7 Å². The largest absolute Gasteiger partial charge is 0.454 e. The van der Waals surface area contributed by atoms with Crippen molar-refractivity contribution in [2.45, 2.75) is 30.1 Å². The van der Waals surface area contributed by atoms with Gasteiger partial charge >= 0.3 is 0 Å². The van der Waals surface area contributed by atoms with E-state index in [0.717, 1.165) is 35.1 Å². The second-order valence-corrected chi connectivity index (χ2v) is 10.7. The summed E-state index contributed by atoms with van der Waals surface area (Å²) in [7, 11) is -2.32. The number of rotatable bonds is 6. The number of carbonyl (C=O) groups excluding carboxylic acids is 1. The fourth-order valence-electron chi connectivity index (χ4n) is 4.22. The van der Waals surface area contributed by atoms with E-state index in [-0.39, 0.29) is 22.6 Å². The summed E-state index contributed by atoms with van der Waals surface area (Å²) in [6, 6.07) is 16.1. The van der Waals surface area contributed by atoms with Crippen LogP contribution in [0, 0.1) is 6.92 Å². The highest BCUT2D eigenvalue weighted by Crippen LogP contribution is 2.51. The number of sulfonamides is 1. The van der Waals surface area contributed by atoms with Gasteiger partial charge in [-0.25, -0.2) is 13.1 Å². The Labute approximate surface area is 203 Å². The lowest BCUT2D eigenvalue weighted by Gasteiger charge is -2.17. The average Bonchev–Trinajstić information content (AvgIpc) is 3.51. The predicted molar refractivity (Wildman–Crippen MR) is 130 cm³/mol. The normalized spacial score (nSPS) is 15.7. The minimum absolute atomic E-state index is 0.0157. The van der Waals surface area contributed by atoms with Crippen LogP contribution in [0.1, 0.15) is 24.0 Å². The van der Waals surface area contributed by atoms with Crippen LogP contribution in [0.25, 0.3) is 11.1 Å². The van der Waals surface area contributed by atoms with Crippen molar-refractivity contribution >= 4 is 33.2 Å². The summed E-state index contributed by atoms with van der Waals surface area (Å²) in [4.78, 5) is 13.3. The lowest BCUT2D eigenvalue weighted by atomic mass is 9.94. The number of halogens is 1. The van der Waals surface area contributed by atoms with Gasteiger partial charge in [0.1, 0.15) is 4.90 Å². The zero-order valence-corrected chi connectivity index (χ0v) is 20.2. The molecule has 2 N–H and O–H groups in total. The van der Waals surface area contributed by atoms with Gasteiger partial charge in [0, 0.05) is 5.69 Å². The summed E-state index contributed by atoms with van der Waals surface area (Å²) in [5, 5.41) is 3.18. The fourth-order valence-corrected chi connectivity index (χ4v) is 5.49. The maximum Gasteiger partial charge on any atom is 0.241 e. The molecule has 3 aromatic rings. The smallest absolute Gasteiger partial charge is 0.241 e. The molecule has 7 nitrogen and oxygen atoms in total. The number of ether oxygens (including phenoxy) is 2. The first-order valence-electron chi connectivity index (χ1n) is 10.8. The van der Waals surface area contributed by atoms with Crippen LogP contribution in [0.5, 0.6) is 11.5 Å². The van der Waals surface area contributed by atoms with Crippen LogP contribution in [0.2, 0.25) is 5.02 Å². The highest BCUT2D eigenvalue weighted by molar-refractivity contribution is 7.89. The van der Waals surface area contributed by atoms with E-state index < -0.39 is 15.4 Å². The minimum Gasteiger partial charge on any atom is -0.454 e. The molecule has 0 unspecified atom stereocenters. The third-order valence-corrected chi connectivity index (χ3v) is 8.30. The molecule has 1 amide bonds. The lowest BCUT2D eigenvalue weighted by Crippen LogP contribution is -2.27. The molecule has 1 fully saturated rings. The van der Waals surface area contributed by atoms with Crippen LogP contribution in [0.15, 0.2) is 59.5 Å². The molecule has 0 aromatic heterocycles. The Morgan fingerprint density at radius 3 is 2.47 bits per heavy atom. The monoisotopic (exact) mass is 498 g/mol. The topological polar surface area (TPSA) is 93.7 Å². The van der Waals surface area contributed by atoms with Crippen LogP contribution >= 0.6 is 11.6 Å². The Balaban J connectivity index is 1.41. The number of nitrogens with one attached hydrogen (secondary N) is 2. The third-order valence-electron chi connectivity index (χ3n) is 6.41. The number of amides is 1. The molecular formula is C25H23ClN2O5S. The Kier molecular flexibility index (Phi) is 5.55. The van der Waals surface area contributed by atoms with Gasteiger partial charge in [-0.2, -0.15) is 0 Å². The molecule has 0 bridgehead atoms. The van der Waals surface area contributed by atoms with Crippen molar-refractivity contribution in [3.63, 3.8) is 0 Å². The summed E-state index contributed by atoms with van der Waals surface area (Å²) >= 11 is 6.29. The van der Waals surface area contributed by atoms with E-state index in [1.54, 1.807) is 12.1 Å². The van der Waals surface area contributed by atoms with E-state index >= 15 is 0 Å². The summed E-state index contributed by atoms with van der Waals surface area (Å²) in [5.74, 6) is 1.28. The summed E-state index contributed by atoms with van der Waals surface area (Å²) < 4.78 is 37.4. The predicted octanol–water partition coefficient (Wildman–Crippen LogP) is 4.62. The number of aryl methyl sites for hydroxylation is 1. The van der Waals surface area contributed by atoms with Crippen molar-refractivity contribution in [3.05, 3.63) is 70.7 Å². The van der Waals surface area contributed by atoms with Crippen LogP contribution in [-0.4, -0.2) is 28.2 Å². The van der Waals surface area contributed by atoms with Gasteiger partial charge in [0.25, 0.3) is 0 Å². The maximum absolute atomic E-state index is 13.3. The quantitative estimate of drug-likeness (QED) is 0.517. The zero-order chi connectivity index (χ0) is 24.1. The van der Waals surface area contributed by atoms with Crippen molar-refractivity contribution in [1.29, 1.82) is 0 Å². The first-order chi connectivity index (χ1) is 16.2. The van der Waals surface area contributed by atoms with Crippen LogP contribution in [0.3, 0.4) is 0 Å². The highest BCUT2D eigenvalue weighted by atomic mass is 35.5. The molecule has 176 valence electrons. The zero-order valence-electron chi connectivity index (χ0n) is 18.6. The maximum atomic E-state index is 13.3. The second kappa shape index (κ2) is 8.30. The van der Waals surface area contributed by atoms with Crippen LogP contribution in [-0.2, 0) is 20.2 Å². The Morgan fingerprint density at radius 2 is 1.76 bits per heavy atom. The summed E-state index contributed by atoms with van der Waals surface area (Å²) in [6.07, 6.45) is 1.52. The number of fused-ring (bicyclic) bond motifs is 1. The number of hydrogen-bond acceptors (Lipinski definition) is 5. The second-order valence-electron chi connectivity index (χ2n) is 8.49. The number of benzene rings is 3. The first-order valence-corrected chi connectivity index (χ1v) is 12.7. The van der Waals surface area contributed by atoms with Gasteiger partial charge in [-0.3, -0.25) is 4.79 Å². The highest BCUT2D eigenvalue weighted by Gasteiger charge is 2.51. The Bertz CT molecular complexity index is 1420. The molecule has 1 aliphatic carbocycles.